The Kier molecular flexibility index (Phi) is 4.12. The summed E-state index contributed by atoms with van der Waals surface area (Å²) in [6, 6.07) is 5.41. The van der Waals surface area contributed by atoms with E-state index in [1.54, 1.807) is 13.0 Å². The first kappa shape index (κ1) is 11.5. The Morgan fingerprint density at radius 1 is 1.47 bits per heavy atom. The third-order valence-electron chi connectivity index (χ3n) is 2.08. The molecule has 1 aromatic carbocycles. The number of nitrogens with two attached hydrogens (primary N) is 2. The van der Waals surface area contributed by atoms with Crippen LogP contribution in [-0.2, 0) is 22.5 Å². The smallest absolute Gasteiger partial charge is 0.310 e. The molecule has 0 atom stereocenters. The fourth-order valence-electron chi connectivity index (χ4n) is 1.32. The molecule has 4 nitrogen and oxygen atoms in total. The average Bonchev–Trinajstić information content (AvgIpc) is 2.21. The largest absolute Gasteiger partial charge is 0.466 e. The summed E-state index contributed by atoms with van der Waals surface area (Å²) < 4.78 is 4.85. The number of anilines is 1. The van der Waals surface area contributed by atoms with Crippen molar-refractivity contribution in [3.8, 4) is 0 Å². The molecule has 1 rings (SSSR count). The Morgan fingerprint density at radius 3 is 2.80 bits per heavy atom. The summed E-state index contributed by atoms with van der Waals surface area (Å²) in [7, 11) is 0. The molecule has 0 aliphatic heterocycles. The van der Waals surface area contributed by atoms with Gasteiger partial charge in [-0.15, -0.1) is 0 Å². The van der Waals surface area contributed by atoms with Crippen molar-refractivity contribution in [3.05, 3.63) is 29.3 Å². The Hall–Kier alpha value is -1.55. The summed E-state index contributed by atoms with van der Waals surface area (Å²) in [6.07, 6.45) is 0.265. The van der Waals surface area contributed by atoms with E-state index in [2.05, 4.69) is 0 Å². The molecule has 0 radical (unpaired) electrons. The molecule has 0 unspecified atom stereocenters. The highest BCUT2D eigenvalue weighted by atomic mass is 16.5. The minimum Gasteiger partial charge on any atom is -0.466 e. The molecule has 15 heavy (non-hydrogen) atoms. The molecule has 0 saturated carbocycles. The van der Waals surface area contributed by atoms with Crippen molar-refractivity contribution in [1.82, 2.24) is 0 Å². The van der Waals surface area contributed by atoms with E-state index in [1.807, 2.05) is 12.1 Å². The third-order valence-corrected chi connectivity index (χ3v) is 2.08. The van der Waals surface area contributed by atoms with Crippen LogP contribution in [0.5, 0.6) is 0 Å². The number of nitrogen functional groups attached to an aromatic ring is 1. The molecule has 0 fully saturated rings. The van der Waals surface area contributed by atoms with Crippen molar-refractivity contribution in [1.29, 1.82) is 0 Å². The highest BCUT2D eigenvalue weighted by molar-refractivity contribution is 5.73. The Balaban J connectivity index is 2.74. The van der Waals surface area contributed by atoms with E-state index >= 15 is 0 Å². The van der Waals surface area contributed by atoms with Gasteiger partial charge in [-0.2, -0.15) is 0 Å². The first-order valence-corrected chi connectivity index (χ1v) is 4.90. The predicted molar refractivity (Wildman–Crippen MR) is 59.1 cm³/mol. The van der Waals surface area contributed by atoms with E-state index in [0.717, 1.165) is 11.1 Å². The van der Waals surface area contributed by atoms with Gasteiger partial charge in [0.25, 0.3) is 0 Å². The first-order valence-electron chi connectivity index (χ1n) is 4.90. The summed E-state index contributed by atoms with van der Waals surface area (Å²) in [5.41, 5.74) is 13.6. The van der Waals surface area contributed by atoms with Crippen LogP contribution in [0.15, 0.2) is 18.2 Å². The van der Waals surface area contributed by atoms with E-state index in [0.29, 0.717) is 18.8 Å². The van der Waals surface area contributed by atoms with Crippen LogP contribution in [0.1, 0.15) is 18.1 Å². The maximum absolute atomic E-state index is 11.2. The van der Waals surface area contributed by atoms with Crippen LogP contribution in [0, 0.1) is 0 Å². The monoisotopic (exact) mass is 208 g/mol. The van der Waals surface area contributed by atoms with E-state index in [9.17, 15) is 4.79 Å². The molecule has 82 valence electrons. The van der Waals surface area contributed by atoms with E-state index in [1.165, 1.54) is 0 Å². The molecular weight excluding hydrogens is 192 g/mol. The second kappa shape index (κ2) is 5.36. The second-order valence-corrected chi connectivity index (χ2v) is 3.22. The average molecular weight is 208 g/mol. The van der Waals surface area contributed by atoms with Crippen LogP contribution < -0.4 is 11.5 Å². The summed E-state index contributed by atoms with van der Waals surface area (Å²) in [5, 5.41) is 0. The fraction of sp³-hybridized carbons (Fsp3) is 0.364. The van der Waals surface area contributed by atoms with Gasteiger partial charge in [0.15, 0.2) is 0 Å². The zero-order chi connectivity index (χ0) is 11.3. The first-order chi connectivity index (χ1) is 7.17. The molecule has 4 heteroatoms. The summed E-state index contributed by atoms with van der Waals surface area (Å²) >= 11 is 0. The van der Waals surface area contributed by atoms with Crippen LogP contribution >= 0.6 is 0 Å². The topological polar surface area (TPSA) is 78.3 Å². The maximum atomic E-state index is 11.2. The molecule has 0 aliphatic carbocycles. The Labute approximate surface area is 89.2 Å². The number of carbonyl (C=O) groups excluding carboxylic acids is 1. The summed E-state index contributed by atoms with van der Waals surface area (Å²) in [4.78, 5) is 11.2. The highest BCUT2D eigenvalue weighted by Gasteiger charge is 2.05. The van der Waals surface area contributed by atoms with Crippen LogP contribution in [-0.4, -0.2) is 12.6 Å². The zero-order valence-corrected chi connectivity index (χ0v) is 8.82. The van der Waals surface area contributed by atoms with Crippen molar-refractivity contribution in [2.24, 2.45) is 5.73 Å². The predicted octanol–water partition coefficient (Wildman–Crippen LogP) is 0.833. The van der Waals surface area contributed by atoms with Gasteiger partial charge in [0.05, 0.1) is 13.0 Å². The SMILES string of the molecule is CCOC(=O)Cc1ccc(N)c(CN)c1. The van der Waals surface area contributed by atoms with Crippen LogP contribution in [0.2, 0.25) is 0 Å². The van der Waals surface area contributed by atoms with Gasteiger partial charge in [-0.1, -0.05) is 12.1 Å². The molecule has 0 aromatic heterocycles. The van der Waals surface area contributed by atoms with Gasteiger partial charge in [-0.3, -0.25) is 4.79 Å². The van der Waals surface area contributed by atoms with Gasteiger partial charge in [-0.05, 0) is 24.1 Å². The van der Waals surface area contributed by atoms with Gasteiger partial charge in [0, 0.05) is 12.2 Å². The normalized spacial score (nSPS) is 10.0. The number of carbonyl (C=O) groups is 1. The molecule has 0 saturated heterocycles. The van der Waals surface area contributed by atoms with Crippen molar-refractivity contribution >= 4 is 11.7 Å². The standard InChI is InChI=1S/C11H16N2O2/c1-2-15-11(14)6-8-3-4-10(13)9(5-8)7-12/h3-5H,2,6-7,12-13H2,1H3. The van der Waals surface area contributed by atoms with Crippen LogP contribution in [0.25, 0.3) is 0 Å². The molecule has 0 aliphatic rings. The minimum absolute atomic E-state index is 0.231. The van der Waals surface area contributed by atoms with Gasteiger partial charge < -0.3 is 16.2 Å². The molecule has 4 N–H and O–H groups in total. The lowest BCUT2D eigenvalue weighted by Crippen LogP contribution is -2.09. The lowest BCUT2D eigenvalue weighted by atomic mass is 10.1. The summed E-state index contributed by atoms with van der Waals surface area (Å²) in [6.45, 7) is 2.56. The van der Waals surface area contributed by atoms with E-state index < -0.39 is 0 Å². The lowest BCUT2D eigenvalue weighted by molar-refractivity contribution is -0.142. The Morgan fingerprint density at radius 2 is 2.20 bits per heavy atom. The van der Waals surface area contributed by atoms with Crippen molar-refractivity contribution in [2.45, 2.75) is 19.9 Å². The number of hydrogen-bond donors (Lipinski definition) is 2. The van der Waals surface area contributed by atoms with Crippen LogP contribution in [0.4, 0.5) is 5.69 Å². The maximum Gasteiger partial charge on any atom is 0.310 e. The Bertz CT molecular complexity index is 350. The molecule has 0 spiro atoms. The van der Waals surface area contributed by atoms with Crippen LogP contribution in [0.3, 0.4) is 0 Å². The lowest BCUT2D eigenvalue weighted by Gasteiger charge is -2.06. The molecule has 0 heterocycles. The van der Waals surface area contributed by atoms with Crippen molar-refractivity contribution < 1.29 is 9.53 Å². The zero-order valence-electron chi connectivity index (χ0n) is 8.82. The number of rotatable bonds is 4. The van der Waals surface area contributed by atoms with Crippen molar-refractivity contribution in [2.75, 3.05) is 12.3 Å². The number of benzene rings is 1. The van der Waals surface area contributed by atoms with E-state index in [4.69, 9.17) is 16.2 Å². The van der Waals surface area contributed by atoms with Gasteiger partial charge in [0.2, 0.25) is 0 Å². The highest BCUT2D eigenvalue weighted by Crippen LogP contribution is 2.14. The molecular formula is C11H16N2O2. The van der Waals surface area contributed by atoms with Gasteiger partial charge in [0.1, 0.15) is 0 Å². The molecule has 1 aromatic rings. The molecule has 0 bridgehead atoms. The quantitative estimate of drug-likeness (QED) is 0.567. The third kappa shape index (κ3) is 3.25. The number of hydrogen-bond acceptors (Lipinski definition) is 4. The summed E-state index contributed by atoms with van der Waals surface area (Å²) in [5.74, 6) is -0.231. The van der Waals surface area contributed by atoms with Gasteiger partial charge >= 0.3 is 5.97 Å². The molecule has 0 amide bonds. The van der Waals surface area contributed by atoms with Crippen molar-refractivity contribution in [3.63, 3.8) is 0 Å². The fourth-order valence-corrected chi connectivity index (χ4v) is 1.32. The van der Waals surface area contributed by atoms with E-state index in [-0.39, 0.29) is 12.4 Å². The number of esters is 1. The van der Waals surface area contributed by atoms with Gasteiger partial charge in [-0.25, -0.2) is 0 Å². The minimum atomic E-state index is -0.231. The number of ether oxygens (including phenoxy) is 1. The second-order valence-electron chi connectivity index (χ2n) is 3.22.